The SMILES string of the molecule is c1ccc2cc(-c3cc4oc(-n5c6ccccc6c6ccc7c8ccccc8oc7c65)nc4c4c3sc3ccccc34)ccc2c1. The summed E-state index contributed by atoms with van der Waals surface area (Å²) in [6, 6.07) is 47.6. The molecular formula is C41H22N2O2S. The number of para-hydroxylation sites is 2. The van der Waals surface area contributed by atoms with E-state index in [4.69, 9.17) is 13.8 Å². The zero-order valence-corrected chi connectivity index (χ0v) is 25.1. The number of benzene rings is 7. The highest BCUT2D eigenvalue weighted by Gasteiger charge is 2.24. The van der Waals surface area contributed by atoms with Gasteiger partial charge >= 0.3 is 6.01 Å². The summed E-state index contributed by atoms with van der Waals surface area (Å²) in [6.07, 6.45) is 0. The van der Waals surface area contributed by atoms with Crippen molar-refractivity contribution in [2.75, 3.05) is 0 Å². The molecule has 5 heteroatoms. The summed E-state index contributed by atoms with van der Waals surface area (Å²) in [5.74, 6) is 0. The quantitative estimate of drug-likeness (QED) is 0.197. The van der Waals surface area contributed by atoms with Crippen molar-refractivity contribution >= 4 is 97.1 Å². The highest BCUT2D eigenvalue weighted by atomic mass is 32.1. The van der Waals surface area contributed by atoms with Crippen molar-refractivity contribution in [2.24, 2.45) is 0 Å². The first-order valence-corrected chi connectivity index (χ1v) is 16.2. The number of oxazole rings is 1. The van der Waals surface area contributed by atoms with Gasteiger partial charge in [-0.3, -0.25) is 4.57 Å². The van der Waals surface area contributed by atoms with Gasteiger partial charge in [0.1, 0.15) is 16.6 Å². The molecule has 4 aromatic heterocycles. The van der Waals surface area contributed by atoms with Crippen molar-refractivity contribution in [3.63, 3.8) is 0 Å². The Morgan fingerprint density at radius 1 is 0.565 bits per heavy atom. The zero-order valence-electron chi connectivity index (χ0n) is 24.3. The minimum Gasteiger partial charge on any atom is -0.454 e. The molecule has 0 aliphatic heterocycles. The molecule has 0 fully saturated rings. The summed E-state index contributed by atoms with van der Waals surface area (Å²) >= 11 is 1.82. The maximum Gasteiger partial charge on any atom is 0.307 e. The van der Waals surface area contributed by atoms with Gasteiger partial charge < -0.3 is 8.83 Å². The Balaban J connectivity index is 1.27. The van der Waals surface area contributed by atoms with E-state index in [1.54, 1.807) is 0 Å². The van der Waals surface area contributed by atoms with E-state index in [2.05, 4.69) is 126 Å². The summed E-state index contributed by atoms with van der Waals surface area (Å²) < 4.78 is 18.0. The molecule has 0 spiro atoms. The molecular weight excluding hydrogens is 585 g/mol. The minimum atomic E-state index is 0.529. The monoisotopic (exact) mass is 606 g/mol. The second-order valence-electron chi connectivity index (χ2n) is 11.9. The normalized spacial score (nSPS) is 12.3. The van der Waals surface area contributed by atoms with E-state index in [1.807, 2.05) is 23.5 Å². The van der Waals surface area contributed by atoms with Crippen LogP contribution in [0.4, 0.5) is 0 Å². The molecule has 214 valence electrons. The minimum absolute atomic E-state index is 0.529. The average molecular weight is 607 g/mol. The summed E-state index contributed by atoms with van der Waals surface area (Å²) in [5.41, 5.74) is 7.63. The predicted octanol–water partition coefficient (Wildman–Crippen LogP) is 12.0. The summed E-state index contributed by atoms with van der Waals surface area (Å²) in [7, 11) is 0. The zero-order chi connectivity index (χ0) is 29.9. The Hall–Kier alpha value is -5.91. The van der Waals surface area contributed by atoms with Gasteiger partial charge in [-0.15, -0.1) is 11.3 Å². The van der Waals surface area contributed by atoms with Crippen LogP contribution < -0.4 is 0 Å². The number of fused-ring (bicyclic) bond motifs is 13. The highest BCUT2D eigenvalue weighted by molar-refractivity contribution is 7.26. The Morgan fingerprint density at radius 3 is 2.26 bits per heavy atom. The van der Waals surface area contributed by atoms with E-state index in [-0.39, 0.29) is 0 Å². The molecule has 0 radical (unpaired) electrons. The maximum atomic E-state index is 6.84. The lowest BCUT2D eigenvalue weighted by atomic mass is 9.99. The fourth-order valence-corrected chi connectivity index (χ4v) is 8.60. The third kappa shape index (κ3) is 3.19. The number of thiophene rings is 1. The van der Waals surface area contributed by atoms with Gasteiger partial charge in [0.25, 0.3) is 0 Å². The third-order valence-electron chi connectivity index (χ3n) is 9.43. The lowest BCUT2D eigenvalue weighted by Crippen LogP contribution is -1.94. The van der Waals surface area contributed by atoms with Gasteiger partial charge in [-0.25, -0.2) is 0 Å². The Morgan fingerprint density at radius 2 is 1.33 bits per heavy atom. The molecule has 0 aliphatic rings. The van der Waals surface area contributed by atoms with Crippen molar-refractivity contribution in [1.82, 2.24) is 9.55 Å². The van der Waals surface area contributed by atoms with Crippen LogP contribution in [0.3, 0.4) is 0 Å². The number of nitrogens with zero attached hydrogens (tertiary/aromatic N) is 2. The molecule has 7 aromatic carbocycles. The van der Waals surface area contributed by atoms with Gasteiger partial charge in [0.05, 0.1) is 5.52 Å². The lowest BCUT2D eigenvalue weighted by molar-refractivity contribution is 0.573. The molecule has 0 amide bonds. The lowest BCUT2D eigenvalue weighted by Gasteiger charge is -2.06. The van der Waals surface area contributed by atoms with Crippen molar-refractivity contribution in [1.29, 1.82) is 0 Å². The van der Waals surface area contributed by atoms with Gasteiger partial charge in [0.2, 0.25) is 0 Å². The largest absolute Gasteiger partial charge is 0.454 e. The van der Waals surface area contributed by atoms with Crippen LogP contribution in [0.5, 0.6) is 0 Å². The fraction of sp³-hybridized carbons (Fsp3) is 0. The van der Waals surface area contributed by atoms with Crippen LogP contribution in [0.2, 0.25) is 0 Å². The number of aromatic nitrogens is 2. The van der Waals surface area contributed by atoms with Crippen LogP contribution in [0.1, 0.15) is 0 Å². The molecule has 46 heavy (non-hydrogen) atoms. The van der Waals surface area contributed by atoms with Gasteiger partial charge in [0.15, 0.2) is 11.2 Å². The molecule has 0 atom stereocenters. The van der Waals surface area contributed by atoms with Crippen LogP contribution in [-0.2, 0) is 0 Å². The second-order valence-corrected chi connectivity index (χ2v) is 13.0. The van der Waals surface area contributed by atoms with E-state index in [0.29, 0.717) is 6.01 Å². The van der Waals surface area contributed by atoms with E-state index in [9.17, 15) is 0 Å². The molecule has 0 aliphatic carbocycles. The average Bonchev–Trinajstić information content (AvgIpc) is 3.87. The van der Waals surface area contributed by atoms with Crippen molar-refractivity contribution in [3.05, 3.63) is 133 Å². The smallest absolute Gasteiger partial charge is 0.307 e. The van der Waals surface area contributed by atoms with E-state index < -0.39 is 0 Å². The first kappa shape index (κ1) is 24.4. The standard InChI is InChI=1S/C41H22N2O2S/c1-2-10-24-21-25(18-17-23(24)9-1)31-22-34-37(36-30-13-5-8-16-35(30)46-40(31)36)42-41(45-34)43-32-14-6-3-11-26(32)28-19-20-29-27-12-4-7-15-33(27)44-39(29)38(28)43/h1-22H. The molecule has 0 N–H and O–H groups in total. The number of rotatable bonds is 2. The molecule has 4 heterocycles. The highest BCUT2D eigenvalue weighted by Crippen LogP contribution is 2.46. The topological polar surface area (TPSA) is 44.1 Å². The second kappa shape index (κ2) is 8.84. The molecule has 11 aromatic rings. The Labute approximate surface area is 265 Å². The van der Waals surface area contributed by atoms with Crippen LogP contribution in [0, 0.1) is 0 Å². The molecule has 4 nitrogen and oxygen atoms in total. The van der Waals surface area contributed by atoms with Crippen LogP contribution in [0.25, 0.3) is 103 Å². The van der Waals surface area contributed by atoms with Crippen molar-refractivity contribution in [3.8, 4) is 17.1 Å². The van der Waals surface area contributed by atoms with E-state index in [1.165, 1.54) is 25.6 Å². The number of hydrogen-bond acceptors (Lipinski definition) is 4. The van der Waals surface area contributed by atoms with Gasteiger partial charge in [-0.2, -0.15) is 4.98 Å². The molecule has 0 saturated heterocycles. The molecule has 11 rings (SSSR count). The number of furan rings is 1. The third-order valence-corrected chi connectivity index (χ3v) is 10.6. The van der Waals surface area contributed by atoms with Crippen LogP contribution in [0.15, 0.2) is 142 Å². The van der Waals surface area contributed by atoms with Gasteiger partial charge in [0, 0.05) is 47.3 Å². The maximum absolute atomic E-state index is 6.84. The fourth-order valence-electron chi connectivity index (χ4n) is 7.36. The molecule has 0 unspecified atom stereocenters. The van der Waals surface area contributed by atoms with Gasteiger partial charge in [-0.1, -0.05) is 97.1 Å². The summed E-state index contributed by atoms with van der Waals surface area (Å²) in [5, 5.41) is 9.17. The Bertz CT molecular complexity index is 3050. The first-order chi connectivity index (χ1) is 22.8. The van der Waals surface area contributed by atoms with Crippen molar-refractivity contribution in [2.45, 2.75) is 0 Å². The van der Waals surface area contributed by atoms with E-state index in [0.717, 1.165) is 71.4 Å². The number of hydrogen-bond donors (Lipinski definition) is 0. The van der Waals surface area contributed by atoms with Crippen LogP contribution in [-0.4, -0.2) is 9.55 Å². The van der Waals surface area contributed by atoms with Gasteiger partial charge in [-0.05, 0) is 52.7 Å². The Kier molecular flexibility index (Phi) is 4.69. The molecule has 0 saturated carbocycles. The predicted molar refractivity (Wildman–Crippen MR) is 191 cm³/mol. The van der Waals surface area contributed by atoms with E-state index >= 15 is 0 Å². The first-order valence-electron chi connectivity index (χ1n) is 15.4. The summed E-state index contributed by atoms with van der Waals surface area (Å²) in [6.45, 7) is 0. The van der Waals surface area contributed by atoms with Crippen LogP contribution >= 0.6 is 11.3 Å². The molecule has 0 bridgehead atoms. The van der Waals surface area contributed by atoms with Crippen molar-refractivity contribution < 1.29 is 8.83 Å². The summed E-state index contributed by atoms with van der Waals surface area (Å²) in [4.78, 5) is 5.31.